The molecule has 0 aliphatic carbocycles. The number of nitrogens with zero attached hydrogens (tertiary/aromatic N) is 2. The highest BCUT2D eigenvalue weighted by Crippen LogP contribution is 2.36. The average molecular weight is 414 g/mol. The van der Waals surface area contributed by atoms with Crippen LogP contribution in [0.5, 0.6) is 0 Å². The minimum atomic E-state index is -0.154. The first-order valence-corrected chi connectivity index (χ1v) is 10.0. The number of allylic oxidation sites excluding steroid dienone is 2. The molecule has 0 fully saturated rings. The van der Waals surface area contributed by atoms with Crippen molar-refractivity contribution in [3.05, 3.63) is 82.6 Å². The Labute approximate surface area is 172 Å². The number of hydrogen-bond donors (Lipinski definition) is 1. The molecule has 2 aromatic heterocycles. The minimum Gasteiger partial charge on any atom is -0.320 e. The monoisotopic (exact) mass is 413 g/mol. The Morgan fingerprint density at radius 2 is 1.85 bits per heavy atom. The Morgan fingerprint density at radius 1 is 1.00 bits per heavy atom. The molecule has 0 radical (unpaired) electrons. The number of halogens is 2. The van der Waals surface area contributed by atoms with Gasteiger partial charge in [0.2, 0.25) is 0 Å². The summed E-state index contributed by atoms with van der Waals surface area (Å²) in [5, 5.41) is 2.18. The molecule has 0 amide bonds. The van der Waals surface area contributed by atoms with Crippen LogP contribution in [-0.4, -0.2) is 11.1 Å². The first-order chi connectivity index (χ1) is 13.0. The second-order valence-corrected chi connectivity index (χ2v) is 8.15. The number of aryl methyl sites for hydroxylation is 1. The van der Waals surface area contributed by atoms with Crippen LogP contribution in [0.25, 0.3) is 21.7 Å². The maximum absolute atomic E-state index is 6.19. The van der Waals surface area contributed by atoms with Crippen molar-refractivity contribution in [2.45, 2.75) is 13.1 Å². The molecule has 0 saturated heterocycles. The second-order valence-electron chi connectivity index (χ2n) is 6.27. The van der Waals surface area contributed by atoms with Crippen molar-refractivity contribution in [1.29, 1.82) is 0 Å². The lowest BCUT2D eigenvalue weighted by Crippen LogP contribution is -2.37. The molecule has 1 unspecified atom stereocenters. The average Bonchev–Trinajstić information content (AvgIpc) is 3.14. The number of anilines is 1. The van der Waals surface area contributed by atoms with E-state index in [1.807, 2.05) is 60.5 Å². The number of nitrogens with two attached hydrogens (primary N) is 1. The van der Waals surface area contributed by atoms with Crippen LogP contribution in [0.15, 0.2) is 66.9 Å². The quantitative estimate of drug-likeness (QED) is 0.550. The lowest BCUT2D eigenvalue weighted by Gasteiger charge is -2.25. The first kappa shape index (κ1) is 18.3. The van der Waals surface area contributed by atoms with E-state index >= 15 is 0 Å². The van der Waals surface area contributed by atoms with Gasteiger partial charge in [0.15, 0.2) is 0 Å². The van der Waals surface area contributed by atoms with Crippen LogP contribution in [0.3, 0.4) is 0 Å². The summed E-state index contributed by atoms with van der Waals surface area (Å²) >= 11 is 13.9. The third-order valence-corrected chi connectivity index (χ3v) is 6.15. The van der Waals surface area contributed by atoms with Crippen LogP contribution in [0.2, 0.25) is 10.0 Å². The van der Waals surface area contributed by atoms with Crippen LogP contribution < -0.4 is 10.6 Å². The lowest BCUT2D eigenvalue weighted by molar-refractivity contribution is 0.816. The van der Waals surface area contributed by atoms with Crippen molar-refractivity contribution in [3.8, 4) is 21.7 Å². The van der Waals surface area contributed by atoms with E-state index in [1.54, 1.807) is 11.3 Å². The van der Waals surface area contributed by atoms with E-state index in [-0.39, 0.29) is 6.17 Å². The summed E-state index contributed by atoms with van der Waals surface area (Å²) in [6, 6.07) is 13.9. The standard InChI is InChI=1S/C21H17Cl2N3S/c1-13-10-15(14-5-6-16(22)17(23)11-14)12-18(25-13)19-7-8-21(27-19)26-9-3-2-4-20(26)24/h2-12,20H,24H2,1H3. The highest BCUT2D eigenvalue weighted by molar-refractivity contribution is 7.19. The van der Waals surface area contributed by atoms with Gasteiger partial charge in [-0.25, -0.2) is 0 Å². The molecule has 0 saturated carbocycles. The fourth-order valence-corrected chi connectivity index (χ4v) is 4.27. The van der Waals surface area contributed by atoms with Crippen molar-refractivity contribution in [3.63, 3.8) is 0 Å². The van der Waals surface area contributed by atoms with Gasteiger partial charge in [0.25, 0.3) is 0 Å². The summed E-state index contributed by atoms with van der Waals surface area (Å²) in [6.07, 6.45) is 7.74. The zero-order valence-corrected chi connectivity index (χ0v) is 16.9. The van der Waals surface area contributed by atoms with E-state index in [0.717, 1.165) is 32.4 Å². The summed E-state index contributed by atoms with van der Waals surface area (Å²) in [7, 11) is 0. The smallest absolute Gasteiger partial charge is 0.101 e. The maximum atomic E-state index is 6.19. The number of rotatable bonds is 3. The van der Waals surface area contributed by atoms with Gasteiger partial charge in [0.1, 0.15) is 6.17 Å². The van der Waals surface area contributed by atoms with E-state index in [0.29, 0.717) is 10.0 Å². The summed E-state index contributed by atoms with van der Waals surface area (Å²) in [4.78, 5) is 7.85. The van der Waals surface area contributed by atoms with Gasteiger partial charge in [0.05, 0.1) is 25.6 Å². The molecular weight excluding hydrogens is 397 g/mol. The summed E-state index contributed by atoms with van der Waals surface area (Å²) < 4.78 is 0. The summed E-state index contributed by atoms with van der Waals surface area (Å²) in [5.41, 5.74) is 10.1. The molecule has 3 nitrogen and oxygen atoms in total. The Morgan fingerprint density at radius 3 is 2.63 bits per heavy atom. The number of thiophene rings is 1. The Kier molecular flexibility index (Phi) is 5.06. The highest BCUT2D eigenvalue weighted by atomic mass is 35.5. The third kappa shape index (κ3) is 3.80. The normalized spacial score (nSPS) is 16.1. The number of hydrogen-bond acceptors (Lipinski definition) is 4. The minimum absolute atomic E-state index is 0.154. The second kappa shape index (κ2) is 7.49. The van der Waals surface area contributed by atoms with Gasteiger partial charge in [-0.3, -0.25) is 4.98 Å². The molecular formula is C21H17Cl2N3S. The first-order valence-electron chi connectivity index (χ1n) is 8.44. The van der Waals surface area contributed by atoms with Crippen molar-refractivity contribution in [2.24, 2.45) is 5.73 Å². The van der Waals surface area contributed by atoms with Crippen molar-refractivity contribution in [1.82, 2.24) is 4.98 Å². The summed E-state index contributed by atoms with van der Waals surface area (Å²) in [6.45, 7) is 1.99. The molecule has 0 spiro atoms. The molecule has 1 aliphatic heterocycles. The molecule has 3 heterocycles. The zero-order valence-electron chi connectivity index (χ0n) is 14.6. The Bertz CT molecular complexity index is 1060. The molecule has 1 aromatic carbocycles. The molecule has 4 rings (SSSR count). The van der Waals surface area contributed by atoms with Crippen LogP contribution in [0.4, 0.5) is 5.00 Å². The van der Waals surface area contributed by atoms with E-state index < -0.39 is 0 Å². The van der Waals surface area contributed by atoms with Gasteiger partial charge in [-0.2, -0.15) is 0 Å². The Hall–Kier alpha value is -2.11. The van der Waals surface area contributed by atoms with Crippen LogP contribution in [0, 0.1) is 6.92 Å². The van der Waals surface area contributed by atoms with Gasteiger partial charge in [-0.1, -0.05) is 35.3 Å². The molecule has 2 N–H and O–H groups in total. The zero-order chi connectivity index (χ0) is 19.0. The SMILES string of the molecule is Cc1cc(-c2ccc(Cl)c(Cl)c2)cc(-c2ccc(N3C=CC=CC3N)s2)n1. The van der Waals surface area contributed by atoms with Gasteiger partial charge in [0, 0.05) is 11.9 Å². The van der Waals surface area contributed by atoms with Gasteiger partial charge in [-0.05, 0) is 66.6 Å². The van der Waals surface area contributed by atoms with Crippen LogP contribution in [0.1, 0.15) is 5.69 Å². The third-order valence-electron chi connectivity index (χ3n) is 4.29. The predicted octanol–water partition coefficient (Wildman–Crippen LogP) is 6.27. The van der Waals surface area contributed by atoms with E-state index in [4.69, 9.17) is 33.9 Å². The van der Waals surface area contributed by atoms with Gasteiger partial charge in [-0.15, -0.1) is 11.3 Å². The van der Waals surface area contributed by atoms with E-state index in [2.05, 4.69) is 18.2 Å². The molecule has 1 atom stereocenters. The Balaban J connectivity index is 1.70. The van der Waals surface area contributed by atoms with E-state index in [9.17, 15) is 0 Å². The molecule has 136 valence electrons. The molecule has 6 heteroatoms. The molecule has 0 bridgehead atoms. The molecule has 1 aliphatic rings. The maximum Gasteiger partial charge on any atom is 0.101 e. The van der Waals surface area contributed by atoms with Gasteiger partial charge >= 0.3 is 0 Å². The van der Waals surface area contributed by atoms with Crippen molar-refractivity contribution in [2.75, 3.05) is 4.90 Å². The fourth-order valence-electron chi connectivity index (χ4n) is 2.97. The highest BCUT2D eigenvalue weighted by Gasteiger charge is 2.15. The topological polar surface area (TPSA) is 42.1 Å². The summed E-state index contributed by atoms with van der Waals surface area (Å²) in [5.74, 6) is 0. The lowest BCUT2D eigenvalue weighted by atomic mass is 10.0. The number of benzene rings is 1. The molecule has 27 heavy (non-hydrogen) atoms. The van der Waals surface area contributed by atoms with Crippen LogP contribution >= 0.6 is 34.5 Å². The van der Waals surface area contributed by atoms with Crippen LogP contribution in [-0.2, 0) is 0 Å². The van der Waals surface area contributed by atoms with E-state index in [1.165, 1.54) is 0 Å². The predicted molar refractivity (Wildman–Crippen MR) is 116 cm³/mol. The fraction of sp³-hybridized carbons (Fsp3) is 0.0952. The number of aromatic nitrogens is 1. The van der Waals surface area contributed by atoms with Crippen molar-refractivity contribution < 1.29 is 0 Å². The largest absolute Gasteiger partial charge is 0.320 e. The van der Waals surface area contributed by atoms with Crippen molar-refractivity contribution >= 4 is 39.5 Å². The molecule has 3 aromatic rings. The number of pyridine rings is 1. The van der Waals surface area contributed by atoms with Gasteiger partial charge < -0.3 is 10.6 Å².